The number of carbonyl (C=O) groups excluding carboxylic acids is 2. The summed E-state index contributed by atoms with van der Waals surface area (Å²) in [6.07, 6.45) is 0.223. The average molecular weight is 703 g/mol. The van der Waals surface area contributed by atoms with Crippen molar-refractivity contribution in [1.82, 2.24) is 10.2 Å². The fourth-order valence-electron chi connectivity index (χ4n) is 4.61. The summed E-state index contributed by atoms with van der Waals surface area (Å²) in [5, 5.41) is 3.26. The van der Waals surface area contributed by atoms with E-state index in [1.807, 2.05) is 54.6 Å². The number of sulfonamides is 1. The molecular formula is C32H30BrCl2N3O4S. The van der Waals surface area contributed by atoms with E-state index in [0.717, 1.165) is 19.9 Å². The van der Waals surface area contributed by atoms with Crippen molar-refractivity contribution in [3.05, 3.63) is 129 Å². The van der Waals surface area contributed by atoms with Gasteiger partial charge in [0, 0.05) is 34.0 Å². The van der Waals surface area contributed by atoms with Gasteiger partial charge >= 0.3 is 0 Å². The number of rotatable bonds is 12. The molecule has 4 rings (SSSR count). The summed E-state index contributed by atoms with van der Waals surface area (Å²) in [6.45, 7) is 1.61. The molecule has 0 aliphatic heterocycles. The number of hydrogen-bond donors (Lipinski definition) is 1. The van der Waals surface area contributed by atoms with Gasteiger partial charge in [-0.1, -0.05) is 99.8 Å². The fourth-order valence-corrected chi connectivity index (χ4v) is 6.99. The molecule has 2 amide bonds. The number of carbonyl (C=O) groups is 2. The SMILES string of the molecule is CCNC(=O)[C@H](Cc1ccccc1)N(Cc1cccc(Br)c1)C(=O)CN(c1cc(Cl)cc(Cl)c1)S(=O)(=O)c1ccccc1. The normalized spacial score (nSPS) is 11.9. The van der Waals surface area contributed by atoms with Gasteiger partial charge in [-0.2, -0.15) is 0 Å². The van der Waals surface area contributed by atoms with E-state index in [0.29, 0.717) is 6.54 Å². The predicted octanol–water partition coefficient (Wildman–Crippen LogP) is 6.73. The van der Waals surface area contributed by atoms with Crippen LogP contribution in [0.2, 0.25) is 10.0 Å². The van der Waals surface area contributed by atoms with Crippen LogP contribution < -0.4 is 9.62 Å². The Labute approximate surface area is 270 Å². The second-order valence-electron chi connectivity index (χ2n) is 9.70. The van der Waals surface area contributed by atoms with E-state index in [9.17, 15) is 18.0 Å². The van der Waals surface area contributed by atoms with Crippen LogP contribution in [-0.2, 0) is 32.6 Å². The Morgan fingerprint density at radius 3 is 2.05 bits per heavy atom. The standard InChI is InChI=1S/C32H30BrCl2N3O4S/c1-2-36-32(40)30(17-23-10-5-3-6-11-23)37(21-24-12-9-13-25(33)16-24)31(39)22-38(28-19-26(34)18-27(35)20-28)43(41,42)29-14-7-4-8-15-29/h3-16,18-20,30H,2,17,21-22H2,1H3,(H,36,40)/t30-/m0/s1. The zero-order valence-corrected chi connectivity index (χ0v) is 27.2. The van der Waals surface area contributed by atoms with E-state index in [4.69, 9.17) is 23.2 Å². The van der Waals surface area contributed by atoms with Crippen LogP contribution in [-0.4, -0.2) is 44.3 Å². The smallest absolute Gasteiger partial charge is 0.264 e. The van der Waals surface area contributed by atoms with Crippen molar-refractivity contribution in [3.8, 4) is 0 Å². The molecule has 0 unspecified atom stereocenters. The molecule has 0 aliphatic rings. The number of nitrogens with zero attached hydrogens (tertiary/aromatic N) is 2. The zero-order valence-electron chi connectivity index (χ0n) is 23.3. The topological polar surface area (TPSA) is 86.8 Å². The van der Waals surface area contributed by atoms with Crippen LogP contribution in [0.25, 0.3) is 0 Å². The molecular weight excluding hydrogens is 673 g/mol. The van der Waals surface area contributed by atoms with Crippen molar-refractivity contribution >= 4 is 66.7 Å². The molecule has 7 nitrogen and oxygen atoms in total. The Kier molecular flexibility index (Phi) is 11.3. The predicted molar refractivity (Wildman–Crippen MR) is 175 cm³/mol. The van der Waals surface area contributed by atoms with E-state index < -0.39 is 28.5 Å². The summed E-state index contributed by atoms with van der Waals surface area (Å²) < 4.78 is 29.8. The molecule has 0 heterocycles. The van der Waals surface area contributed by atoms with Gasteiger partial charge in [0.25, 0.3) is 10.0 Å². The summed E-state index contributed by atoms with van der Waals surface area (Å²) in [5.41, 5.74) is 1.73. The van der Waals surface area contributed by atoms with Gasteiger partial charge in [-0.25, -0.2) is 8.42 Å². The van der Waals surface area contributed by atoms with Gasteiger partial charge < -0.3 is 10.2 Å². The van der Waals surface area contributed by atoms with Crippen molar-refractivity contribution in [2.24, 2.45) is 0 Å². The van der Waals surface area contributed by atoms with Gasteiger partial charge in [0.1, 0.15) is 12.6 Å². The summed E-state index contributed by atoms with van der Waals surface area (Å²) in [4.78, 5) is 29.3. The number of amides is 2. The van der Waals surface area contributed by atoms with Gasteiger partial charge in [0.05, 0.1) is 10.6 Å². The Balaban J connectivity index is 1.81. The van der Waals surface area contributed by atoms with E-state index >= 15 is 0 Å². The molecule has 224 valence electrons. The van der Waals surface area contributed by atoms with E-state index in [1.54, 1.807) is 25.1 Å². The molecule has 0 fully saturated rings. The van der Waals surface area contributed by atoms with Crippen LogP contribution in [0.3, 0.4) is 0 Å². The van der Waals surface area contributed by atoms with Crippen molar-refractivity contribution in [3.63, 3.8) is 0 Å². The molecule has 4 aromatic carbocycles. The minimum absolute atomic E-state index is 0.0120. The number of nitrogens with one attached hydrogen (secondary N) is 1. The third-order valence-electron chi connectivity index (χ3n) is 6.61. The maximum Gasteiger partial charge on any atom is 0.264 e. The van der Waals surface area contributed by atoms with Gasteiger partial charge in [0.15, 0.2) is 0 Å². The van der Waals surface area contributed by atoms with Crippen LogP contribution in [0.15, 0.2) is 112 Å². The summed E-state index contributed by atoms with van der Waals surface area (Å²) in [6, 6.07) is 28.0. The van der Waals surface area contributed by atoms with E-state index in [1.165, 1.54) is 35.2 Å². The minimum atomic E-state index is -4.25. The molecule has 0 saturated heterocycles. The first-order valence-corrected chi connectivity index (χ1v) is 16.5. The number of hydrogen-bond acceptors (Lipinski definition) is 4. The number of halogens is 3. The lowest BCUT2D eigenvalue weighted by atomic mass is 10.0. The molecule has 0 saturated carbocycles. The van der Waals surface area contributed by atoms with E-state index in [2.05, 4.69) is 21.2 Å². The fraction of sp³-hybridized carbons (Fsp3) is 0.188. The third-order valence-corrected chi connectivity index (χ3v) is 9.33. The van der Waals surface area contributed by atoms with Gasteiger partial charge in [-0.15, -0.1) is 0 Å². The van der Waals surface area contributed by atoms with Crippen molar-refractivity contribution < 1.29 is 18.0 Å². The maximum absolute atomic E-state index is 14.4. The molecule has 1 N–H and O–H groups in total. The Hall–Kier alpha value is -3.37. The quantitative estimate of drug-likeness (QED) is 0.178. The van der Waals surface area contributed by atoms with Gasteiger partial charge in [-0.3, -0.25) is 13.9 Å². The molecule has 1 atom stereocenters. The second-order valence-corrected chi connectivity index (χ2v) is 13.4. The summed E-state index contributed by atoms with van der Waals surface area (Å²) in [7, 11) is -4.25. The highest BCUT2D eigenvalue weighted by Gasteiger charge is 2.34. The molecule has 4 aromatic rings. The van der Waals surface area contributed by atoms with Crippen molar-refractivity contribution in [2.75, 3.05) is 17.4 Å². The number of benzene rings is 4. The molecule has 0 spiro atoms. The first-order chi connectivity index (χ1) is 20.6. The van der Waals surface area contributed by atoms with Gasteiger partial charge in [0.2, 0.25) is 11.8 Å². The molecule has 11 heteroatoms. The molecule has 0 aliphatic carbocycles. The molecule has 0 bridgehead atoms. The Morgan fingerprint density at radius 1 is 0.837 bits per heavy atom. The first kappa shape index (κ1) is 32.5. The van der Waals surface area contributed by atoms with Gasteiger partial charge in [-0.05, 0) is 60.5 Å². The third kappa shape index (κ3) is 8.60. The lowest BCUT2D eigenvalue weighted by Crippen LogP contribution is -2.53. The largest absolute Gasteiger partial charge is 0.355 e. The Morgan fingerprint density at radius 2 is 1.44 bits per heavy atom. The number of likely N-dealkylation sites (N-methyl/N-ethyl adjacent to an activating group) is 1. The van der Waals surface area contributed by atoms with Crippen LogP contribution >= 0.6 is 39.1 Å². The molecule has 0 radical (unpaired) electrons. The zero-order chi connectivity index (χ0) is 31.0. The average Bonchev–Trinajstić information content (AvgIpc) is 2.98. The van der Waals surface area contributed by atoms with Crippen LogP contribution in [0.1, 0.15) is 18.1 Å². The maximum atomic E-state index is 14.4. The summed E-state index contributed by atoms with van der Waals surface area (Å²) in [5.74, 6) is -0.930. The highest BCUT2D eigenvalue weighted by Crippen LogP contribution is 2.30. The lowest BCUT2D eigenvalue weighted by Gasteiger charge is -2.34. The first-order valence-electron chi connectivity index (χ1n) is 13.5. The van der Waals surface area contributed by atoms with Crippen LogP contribution in [0.5, 0.6) is 0 Å². The Bertz CT molecular complexity index is 1650. The highest BCUT2D eigenvalue weighted by molar-refractivity contribution is 9.10. The van der Waals surface area contributed by atoms with Crippen molar-refractivity contribution in [2.45, 2.75) is 30.8 Å². The molecule has 0 aromatic heterocycles. The second kappa shape index (κ2) is 14.9. The highest BCUT2D eigenvalue weighted by atomic mass is 79.9. The van der Waals surface area contributed by atoms with E-state index in [-0.39, 0.29) is 39.5 Å². The molecule has 43 heavy (non-hydrogen) atoms. The van der Waals surface area contributed by atoms with Crippen LogP contribution in [0, 0.1) is 0 Å². The summed E-state index contributed by atoms with van der Waals surface area (Å²) >= 11 is 16.0. The van der Waals surface area contributed by atoms with Crippen LogP contribution in [0.4, 0.5) is 5.69 Å². The minimum Gasteiger partial charge on any atom is -0.355 e. The monoisotopic (exact) mass is 701 g/mol. The lowest BCUT2D eigenvalue weighted by molar-refractivity contribution is -0.140. The number of anilines is 1. The van der Waals surface area contributed by atoms with Crippen molar-refractivity contribution in [1.29, 1.82) is 0 Å².